The van der Waals surface area contributed by atoms with E-state index in [9.17, 15) is 22.0 Å². The number of benzene rings is 2. The van der Waals surface area contributed by atoms with E-state index in [0.29, 0.717) is 5.69 Å². The highest BCUT2D eigenvalue weighted by molar-refractivity contribution is 7.92. The molecule has 134 valence electrons. The lowest BCUT2D eigenvalue weighted by atomic mass is 10.2. The van der Waals surface area contributed by atoms with Crippen LogP contribution >= 0.6 is 0 Å². The Morgan fingerprint density at radius 1 is 1.08 bits per heavy atom. The van der Waals surface area contributed by atoms with Crippen molar-refractivity contribution in [3.05, 3.63) is 59.7 Å². The minimum Gasteiger partial charge on any atom is -0.326 e. The molecular weight excluding hydrogens is 350 g/mol. The summed E-state index contributed by atoms with van der Waals surface area (Å²) in [5, 5.41) is 2.41. The van der Waals surface area contributed by atoms with Gasteiger partial charge in [-0.15, -0.1) is 0 Å². The monoisotopic (exact) mass is 368 g/mol. The smallest absolute Gasteiger partial charge is 0.232 e. The van der Waals surface area contributed by atoms with Gasteiger partial charge < -0.3 is 5.32 Å². The molecule has 2 rings (SSSR count). The van der Waals surface area contributed by atoms with Gasteiger partial charge in [-0.25, -0.2) is 17.2 Å². The van der Waals surface area contributed by atoms with Crippen molar-refractivity contribution in [2.75, 3.05) is 22.4 Å². The number of hydrogen-bond acceptors (Lipinski definition) is 3. The van der Waals surface area contributed by atoms with Gasteiger partial charge in [0, 0.05) is 24.7 Å². The van der Waals surface area contributed by atoms with Gasteiger partial charge in [0.15, 0.2) is 11.6 Å². The van der Waals surface area contributed by atoms with Crippen molar-refractivity contribution < 1.29 is 22.0 Å². The largest absolute Gasteiger partial charge is 0.326 e. The topological polar surface area (TPSA) is 66.5 Å². The maximum absolute atomic E-state index is 13.1. The molecule has 0 atom stereocenters. The molecule has 2 aromatic rings. The highest BCUT2D eigenvalue weighted by atomic mass is 32.2. The van der Waals surface area contributed by atoms with Crippen LogP contribution in [-0.2, 0) is 14.8 Å². The number of aryl methyl sites for hydroxylation is 1. The third-order valence-corrected chi connectivity index (χ3v) is 4.66. The second-order valence-electron chi connectivity index (χ2n) is 5.60. The molecule has 0 aliphatic rings. The quantitative estimate of drug-likeness (QED) is 0.852. The second-order valence-corrected chi connectivity index (χ2v) is 7.50. The van der Waals surface area contributed by atoms with E-state index in [2.05, 4.69) is 5.32 Å². The number of carbonyl (C=O) groups excluding carboxylic acids is 1. The molecule has 0 aromatic heterocycles. The van der Waals surface area contributed by atoms with Crippen molar-refractivity contribution in [1.82, 2.24) is 0 Å². The molecule has 0 radical (unpaired) electrons. The first kappa shape index (κ1) is 18.9. The Bertz CT molecular complexity index is 868. The summed E-state index contributed by atoms with van der Waals surface area (Å²) >= 11 is 0. The zero-order valence-corrected chi connectivity index (χ0v) is 14.6. The van der Waals surface area contributed by atoms with Crippen LogP contribution in [0.3, 0.4) is 0 Å². The molecule has 0 aliphatic carbocycles. The van der Waals surface area contributed by atoms with E-state index in [1.54, 1.807) is 24.3 Å². The third kappa shape index (κ3) is 5.25. The van der Waals surface area contributed by atoms with Crippen LogP contribution in [0.1, 0.15) is 12.0 Å². The summed E-state index contributed by atoms with van der Waals surface area (Å²) in [6, 6.07) is 9.85. The Morgan fingerprint density at radius 3 is 2.28 bits per heavy atom. The van der Waals surface area contributed by atoms with Gasteiger partial charge in [-0.2, -0.15) is 0 Å². The Morgan fingerprint density at radius 2 is 1.72 bits per heavy atom. The van der Waals surface area contributed by atoms with Crippen LogP contribution in [0.5, 0.6) is 0 Å². The maximum Gasteiger partial charge on any atom is 0.232 e. The lowest BCUT2D eigenvalue weighted by Crippen LogP contribution is -2.33. The minimum atomic E-state index is -3.57. The SMILES string of the molecule is Cc1ccc(N(CCC(=O)Nc2ccc(F)c(F)c2)S(C)(=O)=O)cc1. The summed E-state index contributed by atoms with van der Waals surface area (Å²) in [5.74, 6) is -2.59. The summed E-state index contributed by atoms with van der Waals surface area (Å²) in [6.45, 7) is 1.81. The van der Waals surface area contributed by atoms with E-state index in [-0.39, 0.29) is 18.7 Å². The average Bonchev–Trinajstić information content (AvgIpc) is 2.51. The molecule has 0 fully saturated rings. The van der Waals surface area contributed by atoms with Gasteiger partial charge in [0.2, 0.25) is 15.9 Å². The molecule has 0 spiro atoms. The standard InChI is InChI=1S/C17H18F2N2O3S/c1-12-3-6-14(7-4-12)21(25(2,23)24)10-9-17(22)20-13-5-8-15(18)16(19)11-13/h3-8,11H,9-10H2,1-2H3,(H,20,22). The molecule has 0 saturated carbocycles. The van der Waals surface area contributed by atoms with Crippen LogP contribution in [0, 0.1) is 18.6 Å². The lowest BCUT2D eigenvalue weighted by molar-refractivity contribution is -0.116. The molecule has 0 bridgehead atoms. The predicted molar refractivity (Wildman–Crippen MR) is 93.0 cm³/mol. The molecule has 2 aromatic carbocycles. The Kier molecular flexibility index (Phi) is 5.73. The fraction of sp³-hybridized carbons (Fsp3) is 0.235. The lowest BCUT2D eigenvalue weighted by Gasteiger charge is -2.22. The van der Waals surface area contributed by atoms with Gasteiger partial charge in [-0.05, 0) is 31.2 Å². The maximum atomic E-state index is 13.1. The summed E-state index contributed by atoms with van der Waals surface area (Å²) in [6.07, 6.45) is 0.917. The molecule has 0 heterocycles. The molecule has 5 nitrogen and oxygen atoms in total. The molecule has 1 N–H and O–H groups in total. The predicted octanol–water partition coefficient (Wildman–Crippen LogP) is 3.07. The summed E-state index contributed by atoms with van der Waals surface area (Å²) < 4.78 is 51.1. The van der Waals surface area contributed by atoms with E-state index in [4.69, 9.17) is 0 Å². The summed E-state index contributed by atoms with van der Waals surface area (Å²) in [7, 11) is -3.57. The van der Waals surface area contributed by atoms with Gasteiger partial charge in [-0.3, -0.25) is 9.10 Å². The van der Waals surface area contributed by atoms with Crippen LogP contribution in [-0.4, -0.2) is 27.1 Å². The second kappa shape index (κ2) is 7.60. The average molecular weight is 368 g/mol. The van der Waals surface area contributed by atoms with Crippen LogP contribution < -0.4 is 9.62 Å². The van der Waals surface area contributed by atoms with E-state index in [0.717, 1.165) is 28.3 Å². The van der Waals surface area contributed by atoms with Crippen molar-refractivity contribution >= 4 is 27.3 Å². The molecule has 0 saturated heterocycles. The number of anilines is 2. The first-order valence-electron chi connectivity index (χ1n) is 7.46. The van der Waals surface area contributed by atoms with Crippen LogP contribution in [0.25, 0.3) is 0 Å². The highest BCUT2D eigenvalue weighted by Crippen LogP contribution is 2.19. The number of rotatable bonds is 6. The zero-order valence-electron chi connectivity index (χ0n) is 13.8. The Balaban J connectivity index is 2.06. The Hall–Kier alpha value is -2.48. The number of amides is 1. The van der Waals surface area contributed by atoms with Gasteiger partial charge in [0.1, 0.15) is 0 Å². The molecule has 1 amide bonds. The highest BCUT2D eigenvalue weighted by Gasteiger charge is 2.18. The van der Waals surface area contributed by atoms with E-state index >= 15 is 0 Å². The van der Waals surface area contributed by atoms with Gasteiger partial charge in [-0.1, -0.05) is 17.7 Å². The number of carbonyl (C=O) groups is 1. The first-order valence-corrected chi connectivity index (χ1v) is 9.31. The number of halogens is 2. The van der Waals surface area contributed by atoms with Crippen molar-refractivity contribution in [2.24, 2.45) is 0 Å². The van der Waals surface area contributed by atoms with Crippen molar-refractivity contribution in [3.63, 3.8) is 0 Å². The summed E-state index contributed by atoms with van der Waals surface area (Å²) in [5.41, 5.74) is 1.53. The van der Waals surface area contributed by atoms with Gasteiger partial charge >= 0.3 is 0 Å². The molecular formula is C17H18F2N2O3S. The normalized spacial score (nSPS) is 11.2. The number of nitrogens with one attached hydrogen (secondary N) is 1. The number of nitrogens with zero attached hydrogens (tertiary/aromatic N) is 1. The van der Waals surface area contributed by atoms with Crippen LogP contribution in [0.4, 0.5) is 20.2 Å². The Labute approximate surface area is 145 Å². The summed E-state index contributed by atoms with van der Waals surface area (Å²) in [4.78, 5) is 12.0. The van der Waals surface area contributed by atoms with Crippen molar-refractivity contribution in [3.8, 4) is 0 Å². The molecule has 0 aliphatic heterocycles. The zero-order chi connectivity index (χ0) is 18.6. The van der Waals surface area contributed by atoms with Crippen molar-refractivity contribution in [1.29, 1.82) is 0 Å². The third-order valence-electron chi connectivity index (χ3n) is 3.47. The fourth-order valence-electron chi connectivity index (χ4n) is 2.20. The molecule has 25 heavy (non-hydrogen) atoms. The van der Waals surface area contributed by atoms with E-state index in [1.807, 2.05) is 6.92 Å². The van der Waals surface area contributed by atoms with Gasteiger partial charge in [0.25, 0.3) is 0 Å². The molecule has 8 heteroatoms. The van der Waals surface area contributed by atoms with Crippen molar-refractivity contribution in [2.45, 2.75) is 13.3 Å². The van der Waals surface area contributed by atoms with Gasteiger partial charge in [0.05, 0.1) is 11.9 Å². The van der Waals surface area contributed by atoms with Crippen LogP contribution in [0.2, 0.25) is 0 Å². The number of sulfonamides is 1. The van der Waals surface area contributed by atoms with E-state index in [1.165, 1.54) is 6.07 Å². The van der Waals surface area contributed by atoms with Crippen LogP contribution in [0.15, 0.2) is 42.5 Å². The first-order chi connectivity index (χ1) is 11.7. The minimum absolute atomic E-state index is 0.0720. The number of hydrogen-bond donors (Lipinski definition) is 1. The fourth-order valence-corrected chi connectivity index (χ4v) is 3.13. The molecule has 0 unspecified atom stereocenters. The van der Waals surface area contributed by atoms with E-state index < -0.39 is 27.6 Å².